The van der Waals surface area contributed by atoms with Crippen molar-refractivity contribution >= 4 is 65.4 Å². The number of benzene rings is 3. The van der Waals surface area contributed by atoms with E-state index in [2.05, 4.69) is 39.9 Å². The molecule has 0 saturated carbocycles. The topological polar surface area (TPSA) is 87.2 Å². The van der Waals surface area contributed by atoms with Gasteiger partial charge in [-0.05, 0) is 83.4 Å². The normalized spacial score (nSPS) is 11.9. The lowest BCUT2D eigenvalue weighted by Gasteiger charge is -2.21. The van der Waals surface area contributed by atoms with Crippen molar-refractivity contribution in [3.05, 3.63) is 80.8 Å². The molecule has 41 heavy (non-hydrogen) atoms. The number of hydrogen-bond acceptors (Lipinski definition) is 9. The Labute approximate surface area is 253 Å². The van der Waals surface area contributed by atoms with Crippen molar-refractivity contribution in [1.29, 1.82) is 0 Å². The smallest absolute Gasteiger partial charge is 0.297 e. The minimum atomic E-state index is -3.79. The molecule has 0 amide bonds. The van der Waals surface area contributed by atoms with E-state index in [4.69, 9.17) is 23.4 Å². The van der Waals surface area contributed by atoms with E-state index in [1.54, 1.807) is 42.7 Å². The van der Waals surface area contributed by atoms with Gasteiger partial charge in [0.15, 0.2) is 6.79 Å². The quantitative estimate of drug-likeness (QED) is 0.0840. The highest BCUT2D eigenvalue weighted by Gasteiger charge is 2.15. The van der Waals surface area contributed by atoms with E-state index in [-0.39, 0.29) is 24.9 Å². The molecule has 0 atom stereocenters. The summed E-state index contributed by atoms with van der Waals surface area (Å²) in [7, 11) is -0.190. The molecule has 218 valence electrons. The van der Waals surface area contributed by atoms with Gasteiger partial charge in [0.2, 0.25) is 0 Å². The summed E-state index contributed by atoms with van der Waals surface area (Å²) in [4.78, 5) is 7.05. The SMILES string of the molecule is COCOc1ccc(/C=C/c2nc3cc(C)c(N(C)CCOCCOS(=O)(=O)c4ccc(C)cc4)cc3s2)cc1Br. The Morgan fingerprint density at radius 2 is 1.78 bits per heavy atom. The molecule has 0 radical (unpaired) electrons. The van der Waals surface area contributed by atoms with Crippen LogP contribution >= 0.6 is 27.3 Å². The molecule has 0 fully saturated rings. The Balaban J connectivity index is 1.29. The number of nitrogens with zero attached hydrogens (tertiary/aromatic N) is 2. The molecule has 0 unspecified atom stereocenters. The summed E-state index contributed by atoms with van der Waals surface area (Å²) in [6, 6.07) is 16.7. The Hall–Kier alpha value is -2.80. The summed E-state index contributed by atoms with van der Waals surface area (Å²) in [5, 5.41) is 0.916. The van der Waals surface area contributed by atoms with Crippen LogP contribution in [0, 0.1) is 13.8 Å². The van der Waals surface area contributed by atoms with Gasteiger partial charge in [0.1, 0.15) is 10.8 Å². The fourth-order valence-electron chi connectivity index (χ4n) is 4.00. The molecule has 0 bridgehead atoms. The summed E-state index contributed by atoms with van der Waals surface area (Å²) in [5.41, 5.74) is 5.17. The molecule has 8 nitrogen and oxygen atoms in total. The van der Waals surface area contributed by atoms with Crippen molar-refractivity contribution in [2.24, 2.45) is 0 Å². The first kappa shape index (κ1) is 31.1. The lowest BCUT2D eigenvalue weighted by molar-refractivity contribution is 0.0506. The average Bonchev–Trinajstić information content (AvgIpc) is 3.34. The van der Waals surface area contributed by atoms with Gasteiger partial charge in [0.25, 0.3) is 10.1 Å². The van der Waals surface area contributed by atoms with Gasteiger partial charge < -0.3 is 19.1 Å². The zero-order valence-corrected chi connectivity index (χ0v) is 26.6. The predicted octanol–water partition coefficient (Wildman–Crippen LogP) is 6.69. The van der Waals surface area contributed by atoms with Crippen molar-refractivity contribution in [2.75, 3.05) is 52.2 Å². The zero-order valence-electron chi connectivity index (χ0n) is 23.4. The third-order valence-electron chi connectivity index (χ3n) is 6.19. The van der Waals surface area contributed by atoms with Crippen LogP contribution in [0.1, 0.15) is 21.7 Å². The molecule has 11 heteroatoms. The first-order chi connectivity index (χ1) is 19.7. The van der Waals surface area contributed by atoms with Crippen molar-refractivity contribution in [2.45, 2.75) is 18.7 Å². The molecule has 1 aromatic heterocycles. The molecule has 0 aliphatic carbocycles. The molecule has 0 aliphatic rings. The van der Waals surface area contributed by atoms with E-state index in [9.17, 15) is 8.42 Å². The molecule has 4 aromatic rings. The van der Waals surface area contributed by atoms with Gasteiger partial charge in [0, 0.05) is 26.4 Å². The van der Waals surface area contributed by atoms with Crippen molar-refractivity contribution in [3.8, 4) is 5.75 Å². The fourth-order valence-corrected chi connectivity index (χ4v) is 6.28. The second-order valence-corrected chi connectivity index (χ2v) is 12.9. The highest BCUT2D eigenvalue weighted by Crippen LogP contribution is 2.31. The Morgan fingerprint density at radius 1 is 1.00 bits per heavy atom. The number of halogens is 1. The van der Waals surface area contributed by atoms with Crippen LogP contribution in [-0.4, -0.2) is 60.7 Å². The largest absolute Gasteiger partial charge is 0.466 e. The first-order valence-electron chi connectivity index (χ1n) is 12.9. The molecule has 3 aromatic carbocycles. The molecular weight excluding hydrogens is 628 g/mol. The third-order valence-corrected chi connectivity index (χ3v) is 9.12. The summed E-state index contributed by atoms with van der Waals surface area (Å²) < 4.78 is 47.7. The van der Waals surface area contributed by atoms with Gasteiger partial charge in [-0.3, -0.25) is 4.18 Å². The number of ether oxygens (including phenoxy) is 3. The minimum Gasteiger partial charge on any atom is -0.466 e. The Kier molecular flexibility index (Phi) is 10.9. The fraction of sp³-hybridized carbons (Fsp3) is 0.300. The summed E-state index contributed by atoms with van der Waals surface area (Å²) in [6.45, 7) is 5.38. The van der Waals surface area contributed by atoms with Gasteiger partial charge in [0.05, 0.1) is 39.4 Å². The lowest BCUT2D eigenvalue weighted by atomic mass is 10.1. The highest BCUT2D eigenvalue weighted by atomic mass is 79.9. The Morgan fingerprint density at radius 3 is 2.51 bits per heavy atom. The number of anilines is 1. The molecule has 0 saturated heterocycles. The van der Waals surface area contributed by atoms with Crippen molar-refractivity contribution < 1.29 is 26.8 Å². The number of rotatable bonds is 14. The lowest BCUT2D eigenvalue weighted by Crippen LogP contribution is -2.24. The van der Waals surface area contributed by atoms with E-state index >= 15 is 0 Å². The third kappa shape index (κ3) is 8.60. The molecular formula is C30H33BrN2O6S2. The van der Waals surface area contributed by atoms with Crippen LogP contribution in [0.5, 0.6) is 5.75 Å². The zero-order chi connectivity index (χ0) is 29.4. The van der Waals surface area contributed by atoms with E-state index in [1.165, 1.54) is 0 Å². The van der Waals surface area contributed by atoms with Crippen LogP contribution in [0.15, 0.2) is 64.0 Å². The predicted molar refractivity (Wildman–Crippen MR) is 168 cm³/mol. The molecule has 1 heterocycles. The summed E-state index contributed by atoms with van der Waals surface area (Å²) in [6.07, 6.45) is 4.03. The van der Waals surface area contributed by atoms with Crippen LogP contribution < -0.4 is 9.64 Å². The number of thiazole rings is 1. The van der Waals surface area contributed by atoms with Crippen LogP contribution in [0.2, 0.25) is 0 Å². The van der Waals surface area contributed by atoms with E-state index < -0.39 is 10.1 Å². The van der Waals surface area contributed by atoms with Crippen LogP contribution in [-0.2, 0) is 23.8 Å². The maximum absolute atomic E-state index is 12.3. The second kappa shape index (κ2) is 14.4. The van der Waals surface area contributed by atoms with Gasteiger partial charge in [-0.25, -0.2) is 4.98 Å². The standard InChI is InChI=1S/C30H33BrN2O6S2/c1-21-5-9-24(10-6-21)41(34,35)39-16-15-37-14-13-33(3)27-19-29-26(17-22(27)2)32-30(40-29)12-8-23-7-11-28(25(31)18-23)38-20-36-4/h5-12,17-19H,13-16,20H2,1-4H3/b12-8+. The summed E-state index contributed by atoms with van der Waals surface area (Å²) in [5.74, 6) is 0.723. The summed E-state index contributed by atoms with van der Waals surface area (Å²) >= 11 is 5.17. The van der Waals surface area contributed by atoms with E-state index in [1.807, 2.05) is 44.3 Å². The number of fused-ring (bicyclic) bond motifs is 1. The van der Waals surface area contributed by atoms with Gasteiger partial charge in [-0.15, -0.1) is 11.3 Å². The number of likely N-dealkylation sites (N-methyl/N-ethyl adjacent to an activating group) is 1. The van der Waals surface area contributed by atoms with Crippen molar-refractivity contribution in [1.82, 2.24) is 4.98 Å². The Bertz CT molecular complexity index is 1600. The average molecular weight is 662 g/mol. The van der Waals surface area contributed by atoms with Crippen molar-refractivity contribution in [3.63, 3.8) is 0 Å². The first-order valence-corrected chi connectivity index (χ1v) is 15.9. The maximum atomic E-state index is 12.3. The second-order valence-electron chi connectivity index (χ2n) is 9.36. The highest BCUT2D eigenvalue weighted by molar-refractivity contribution is 9.10. The molecule has 0 spiro atoms. The number of hydrogen-bond donors (Lipinski definition) is 0. The molecule has 4 rings (SSSR count). The van der Waals surface area contributed by atoms with Crippen LogP contribution in [0.3, 0.4) is 0 Å². The monoisotopic (exact) mass is 660 g/mol. The molecule has 0 aliphatic heterocycles. The number of methoxy groups -OCH3 is 1. The number of aromatic nitrogens is 1. The van der Waals surface area contributed by atoms with Crippen LogP contribution in [0.25, 0.3) is 22.4 Å². The van der Waals surface area contributed by atoms with Gasteiger partial charge in [-0.1, -0.05) is 29.8 Å². The van der Waals surface area contributed by atoms with E-state index in [0.29, 0.717) is 13.2 Å². The number of aryl methyl sites for hydroxylation is 2. The van der Waals surface area contributed by atoms with Gasteiger partial charge >= 0.3 is 0 Å². The van der Waals surface area contributed by atoms with Gasteiger partial charge in [-0.2, -0.15) is 8.42 Å². The minimum absolute atomic E-state index is 0.0369. The molecule has 0 N–H and O–H groups in total. The van der Waals surface area contributed by atoms with E-state index in [0.717, 1.165) is 47.8 Å². The maximum Gasteiger partial charge on any atom is 0.297 e. The van der Waals surface area contributed by atoms with Crippen LogP contribution in [0.4, 0.5) is 5.69 Å².